The molecule has 5 heteroatoms. The number of fused-ring (bicyclic) bond motifs is 1. The van der Waals surface area contributed by atoms with E-state index < -0.39 is 0 Å². The van der Waals surface area contributed by atoms with Crippen molar-refractivity contribution in [1.29, 1.82) is 5.26 Å². The normalized spacial score (nSPS) is 17.4. The average molecular weight is 331 g/mol. The SMILES string of the molecule is C[C@H]1CCc2c(sc(/N=C/c3cc(Cl)ccc3O)c2C#N)C1. The van der Waals surface area contributed by atoms with Crippen molar-refractivity contribution in [1.82, 2.24) is 0 Å². The smallest absolute Gasteiger partial charge is 0.134 e. The lowest BCUT2D eigenvalue weighted by molar-refractivity contribution is 0.474. The maximum absolute atomic E-state index is 9.82. The van der Waals surface area contributed by atoms with Crippen LogP contribution in [0.3, 0.4) is 0 Å². The summed E-state index contributed by atoms with van der Waals surface area (Å²) >= 11 is 7.52. The van der Waals surface area contributed by atoms with Crippen molar-refractivity contribution in [3.63, 3.8) is 0 Å². The van der Waals surface area contributed by atoms with Gasteiger partial charge < -0.3 is 5.11 Å². The van der Waals surface area contributed by atoms with Gasteiger partial charge in [0.25, 0.3) is 0 Å². The van der Waals surface area contributed by atoms with Crippen molar-refractivity contribution in [3.8, 4) is 11.8 Å². The Hall–Kier alpha value is -1.83. The third-order valence-electron chi connectivity index (χ3n) is 3.92. The maximum Gasteiger partial charge on any atom is 0.134 e. The van der Waals surface area contributed by atoms with E-state index in [1.165, 1.54) is 10.9 Å². The Kier molecular flexibility index (Phi) is 4.19. The first kappa shape index (κ1) is 15.1. The fraction of sp³-hybridized carbons (Fsp3) is 0.294. The predicted molar refractivity (Wildman–Crippen MR) is 90.6 cm³/mol. The van der Waals surface area contributed by atoms with E-state index in [2.05, 4.69) is 18.0 Å². The number of nitrogens with zero attached hydrogens (tertiary/aromatic N) is 2. The number of rotatable bonds is 2. The van der Waals surface area contributed by atoms with Crippen LogP contribution in [0.1, 0.15) is 34.9 Å². The molecule has 0 unspecified atom stereocenters. The Labute approximate surface area is 138 Å². The lowest BCUT2D eigenvalue weighted by atomic mass is 9.89. The van der Waals surface area contributed by atoms with Crippen molar-refractivity contribution >= 4 is 34.2 Å². The molecule has 0 aliphatic heterocycles. The molecule has 0 saturated heterocycles. The maximum atomic E-state index is 9.82. The predicted octanol–water partition coefficient (Wildman–Crippen LogP) is 4.85. The molecule has 1 atom stereocenters. The molecule has 1 heterocycles. The van der Waals surface area contributed by atoms with Crippen LogP contribution in [0.2, 0.25) is 5.02 Å². The summed E-state index contributed by atoms with van der Waals surface area (Å²) in [5.74, 6) is 0.785. The van der Waals surface area contributed by atoms with Crippen molar-refractivity contribution in [2.75, 3.05) is 0 Å². The van der Waals surface area contributed by atoms with E-state index in [0.717, 1.165) is 29.8 Å². The van der Waals surface area contributed by atoms with E-state index in [0.29, 0.717) is 22.1 Å². The molecular weight excluding hydrogens is 316 g/mol. The fourth-order valence-corrected chi connectivity index (χ4v) is 4.18. The van der Waals surface area contributed by atoms with E-state index in [-0.39, 0.29) is 5.75 Å². The van der Waals surface area contributed by atoms with Gasteiger partial charge in [0.05, 0.1) is 5.56 Å². The number of thiophene rings is 1. The third-order valence-corrected chi connectivity index (χ3v) is 5.31. The molecule has 1 aromatic carbocycles. The largest absolute Gasteiger partial charge is 0.507 e. The second kappa shape index (κ2) is 6.12. The van der Waals surface area contributed by atoms with Crippen molar-refractivity contribution in [2.24, 2.45) is 10.9 Å². The number of phenols is 1. The molecule has 0 spiro atoms. The van der Waals surface area contributed by atoms with Crippen LogP contribution in [0.15, 0.2) is 23.2 Å². The first-order valence-corrected chi connectivity index (χ1v) is 8.35. The summed E-state index contributed by atoms with van der Waals surface area (Å²) in [6.45, 7) is 2.24. The highest BCUT2D eigenvalue weighted by Crippen LogP contribution is 2.40. The van der Waals surface area contributed by atoms with Gasteiger partial charge in [-0.1, -0.05) is 18.5 Å². The number of hydrogen-bond acceptors (Lipinski definition) is 4. The Bertz CT molecular complexity index is 789. The Morgan fingerprint density at radius 2 is 2.32 bits per heavy atom. The summed E-state index contributed by atoms with van der Waals surface area (Å²) in [5, 5.41) is 20.5. The summed E-state index contributed by atoms with van der Waals surface area (Å²) in [4.78, 5) is 5.71. The quantitative estimate of drug-likeness (QED) is 0.800. The average Bonchev–Trinajstić information content (AvgIpc) is 2.84. The number of hydrogen-bond donors (Lipinski definition) is 1. The van der Waals surface area contributed by atoms with Gasteiger partial charge in [0.2, 0.25) is 0 Å². The second-order valence-electron chi connectivity index (χ2n) is 5.61. The Balaban J connectivity index is 1.97. The minimum Gasteiger partial charge on any atom is -0.507 e. The zero-order valence-corrected chi connectivity index (χ0v) is 13.7. The highest BCUT2D eigenvalue weighted by atomic mass is 35.5. The van der Waals surface area contributed by atoms with E-state index >= 15 is 0 Å². The second-order valence-corrected chi connectivity index (χ2v) is 7.13. The topological polar surface area (TPSA) is 56.4 Å². The minimum atomic E-state index is 0.126. The van der Waals surface area contributed by atoms with Crippen LogP contribution in [0.4, 0.5) is 5.00 Å². The van der Waals surface area contributed by atoms with Crippen LogP contribution in [0.5, 0.6) is 5.75 Å². The van der Waals surface area contributed by atoms with Gasteiger partial charge in [-0.25, -0.2) is 4.99 Å². The molecule has 1 N–H and O–H groups in total. The molecule has 1 aliphatic rings. The van der Waals surface area contributed by atoms with Gasteiger partial charge in [-0.3, -0.25) is 0 Å². The third kappa shape index (κ3) is 2.87. The summed E-state index contributed by atoms with van der Waals surface area (Å²) < 4.78 is 0. The van der Waals surface area contributed by atoms with Crippen LogP contribution < -0.4 is 0 Å². The summed E-state index contributed by atoms with van der Waals surface area (Å²) in [6.07, 6.45) is 4.67. The monoisotopic (exact) mass is 330 g/mol. The van der Waals surface area contributed by atoms with Crippen molar-refractivity contribution in [2.45, 2.75) is 26.2 Å². The lowest BCUT2D eigenvalue weighted by Crippen LogP contribution is -2.09. The van der Waals surface area contributed by atoms with Crippen molar-refractivity contribution < 1.29 is 5.11 Å². The highest BCUT2D eigenvalue weighted by Gasteiger charge is 2.23. The summed E-state index contributed by atoms with van der Waals surface area (Å²) in [6, 6.07) is 7.11. The molecule has 2 aromatic rings. The zero-order chi connectivity index (χ0) is 15.7. The van der Waals surface area contributed by atoms with E-state index in [1.807, 2.05) is 0 Å². The molecule has 3 rings (SSSR count). The first-order chi connectivity index (χ1) is 10.6. The van der Waals surface area contributed by atoms with Gasteiger partial charge in [-0.05, 0) is 48.9 Å². The number of halogens is 1. The zero-order valence-electron chi connectivity index (χ0n) is 12.1. The van der Waals surface area contributed by atoms with Gasteiger partial charge in [0.15, 0.2) is 0 Å². The van der Waals surface area contributed by atoms with Crippen LogP contribution in [0.25, 0.3) is 0 Å². The number of aromatic hydroxyl groups is 1. The van der Waals surface area contributed by atoms with Crippen LogP contribution in [-0.4, -0.2) is 11.3 Å². The Morgan fingerprint density at radius 1 is 1.50 bits per heavy atom. The molecule has 112 valence electrons. The van der Waals surface area contributed by atoms with Crippen LogP contribution in [0, 0.1) is 17.2 Å². The molecule has 0 saturated carbocycles. The van der Waals surface area contributed by atoms with Gasteiger partial charge in [0, 0.05) is 21.7 Å². The van der Waals surface area contributed by atoms with Gasteiger partial charge in [-0.15, -0.1) is 11.3 Å². The molecule has 0 radical (unpaired) electrons. The minimum absolute atomic E-state index is 0.126. The standard InChI is InChI=1S/C17H15ClN2OS/c1-10-2-4-13-14(8-19)17(22-16(13)6-10)20-9-11-7-12(18)3-5-15(11)21/h3,5,7,9-10,21H,2,4,6H2,1H3/b20-9+/t10-/m0/s1. The summed E-state index contributed by atoms with van der Waals surface area (Å²) in [5.41, 5.74) is 2.40. The van der Waals surface area contributed by atoms with Gasteiger partial charge in [-0.2, -0.15) is 5.26 Å². The lowest BCUT2D eigenvalue weighted by Gasteiger charge is -2.17. The highest BCUT2D eigenvalue weighted by molar-refractivity contribution is 7.16. The molecule has 0 bridgehead atoms. The molecule has 22 heavy (non-hydrogen) atoms. The van der Waals surface area contributed by atoms with E-state index in [9.17, 15) is 10.4 Å². The molecule has 0 amide bonds. The number of benzene rings is 1. The number of aliphatic imine (C=N–C) groups is 1. The molecule has 1 aliphatic carbocycles. The van der Waals surface area contributed by atoms with Crippen molar-refractivity contribution in [3.05, 3.63) is 44.8 Å². The number of nitriles is 1. The van der Waals surface area contributed by atoms with Gasteiger partial charge >= 0.3 is 0 Å². The van der Waals surface area contributed by atoms with Crippen LogP contribution >= 0.6 is 22.9 Å². The number of phenolic OH excluding ortho intramolecular Hbond substituents is 1. The first-order valence-electron chi connectivity index (χ1n) is 7.15. The fourth-order valence-electron chi connectivity index (χ4n) is 2.70. The van der Waals surface area contributed by atoms with Gasteiger partial charge in [0.1, 0.15) is 16.8 Å². The molecule has 0 fully saturated rings. The van der Waals surface area contributed by atoms with E-state index in [4.69, 9.17) is 11.6 Å². The molecule has 3 nitrogen and oxygen atoms in total. The Morgan fingerprint density at radius 3 is 3.09 bits per heavy atom. The molecule has 1 aromatic heterocycles. The summed E-state index contributed by atoms with van der Waals surface area (Å²) in [7, 11) is 0. The van der Waals surface area contributed by atoms with E-state index in [1.54, 1.807) is 29.7 Å². The van der Waals surface area contributed by atoms with Crippen LogP contribution in [-0.2, 0) is 12.8 Å². The molecular formula is C17H15ClN2OS.